The quantitative estimate of drug-likeness (QED) is 0.328. The molecule has 0 radical (unpaired) electrons. The smallest absolute Gasteiger partial charge is 0.220 e. The number of rotatable bonds is 10. The van der Waals surface area contributed by atoms with E-state index in [0.717, 1.165) is 24.0 Å². The van der Waals surface area contributed by atoms with Gasteiger partial charge in [-0.15, -0.1) is 0 Å². The standard InChI is InChI=1S/C24H27NO4S/c1-2-23(25)28-13-7-6-10-19(26)16-29-20-12-11-18-14-21(17-8-4-3-5-9-17)24(27)30-22(18)15-20/h2-5,8-9,11-12,14-15,18-19,22,25-26H,1,6-7,10,13,16H2. The van der Waals surface area contributed by atoms with Gasteiger partial charge >= 0.3 is 0 Å². The van der Waals surface area contributed by atoms with Crippen molar-refractivity contribution in [2.75, 3.05) is 13.2 Å². The molecule has 1 aliphatic heterocycles. The van der Waals surface area contributed by atoms with Crippen molar-refractivity contribution in [3.63, 3.8) is 0 Å². The molecule has 1 aliphatic carbocycles. The first-order valence-corrected chi connectivity index (χ1v) is 11.0. The molecule has 0 amide bonds. The van der Waals surface area contributed by atoms with Crippen LogP contribution in [-0.2, 0) is 14.3 Å². The third-order valence-electron chi connectivity index (χ3n) is 4.91. The monoisotopic (exact) mass is 425 g/mol. The Morgan fingerprint density at radius 3 is 2.83 bits per heavy atom. The fourth-order valence-corrected chi connectivity index (χ4v) is 4.37. The van der Waals surface area contributed by atoms with E-state index in [4.69, 9.17) is 14.9 Å². The third kappa shape index (κ3) is 6.21. The zero-order valence-corrected chi connectivity index (χ0v) is 17.6. The Morgan fingerprint density at radius 1 is 1.27 bits per heavy atom. The maximum absolute atomic E-state index is 12.6. The lowest BCUT2D eigenvalue weighted by molar-refractivity contribution is -0.106. The van der Waals surface area contributed by atoms with Gasteiger partial charge in [0.15, 0.2) is 0 Å². The minimum absolute atomic E-state index is 0.0134. The van der Waals surface area contributed by atoms with E-state index in [1.165, 1.54) is 17.8 Å². The summed E-state index contributed by atoms with van der Waals surface area (Å²) in [5.74, 6) is 0.905. The zero-order chi connectivity index (χ0) is 21.3. The predicted molar refractivity (Wildman–Crippen MR) is 121 cm³/mol. The highest BCUT2D eigenvalue weighted by atomic mass is 32.2. The second-order valence-electron chi connectivity index (χ2n) is 7.20. The molecular weight excluding hydrogens is 398 g/mol. The van der Waals surface area contributed by atoms with Crippen LogP contribution in [-0.4, -0.2) is 40.7 Å². The highest BCUT2D eigenvalue weighted by Crippen LogP contribution is 2.39. The molecule has 1 heterocycles. The molecule has 2 N–H and O–H groups in total. The van der Waals surface area contributed by atoms with Gasteiger partial charge in [0.1, 0.15) is 12.4 Å². The Bertz CT molecular complexity index is 859. The summed E-state index contributed by atoms with van der Waals surface area (Å²) >= 11 is 1.32. The number of hydrogen-bond acceptors (Lipinski definition) is 6. The molecule has 3 rings (SSSR count). The second kappa shape index (κ2) is 11.0. The summed E-state index contributed by atoms with van der Waals surface area (Å²) in [4.78, 5) is 12.6. The van der Waals surface area contributed by atoms with Crippen LogP contribution in [0.4, 0.5) is 0 Å². The van der Waals surface area contributed by atoms with E-state index in [9.17, 15) is 9.90 Å². The first-order chi connectivity index (χ1) is 14.6. The topological polar surface area (TPSA) is 79.6 Å². The number of unbranched alkanes of at least 4 members (excludes halogenated alkanes) is 1. The molecule has 0 fully saturated rings. The molecule has 0 saturated carbocycles. The van der Waals surface area contributed by atoms with Gasteiger partial charge in [-0.05, 0) is 43.1 Å². The zero-order valence-electron chi connectivity index (χ0n) is 16.8. The highest BCUT2D eigenvalue weighted by molar-refractivity contribution is 8.15. The summed E-state index contributed by atoms with van der Waals surface area (Å²) in [5, 5.41) is 17.5. The Morgan fingerprint density at radius 2 is 2.07 bits per heavy atom. The Hall–Kier alpha value is -2.57. The minimum Gasteiger partial charge on any atom is -0.491 e. The number of aliphatic hydroxyl groups is 1. The van der Waals surface area contributed by atoms with Gasteiger partial charge in [-0.2, -0.15) is 0 Å². The maximum atomic E-state index is 12.6. The number of benzene rings is 1. The second-order valence-corrected chi connectivity index (χ2v) is 8.35. The molecule has 6 heteroatoms. The molecule has 0 saturated heterocycles. The molecule has 0 aromatic heterocycles. The van der Waals surface area contributed by atoms with Crippen LogP contribution >= 0.6 is 11.8 Å². The summed E-state index contributed by atoms with van der Waals surface area (Å²) < 4.78 is 10.9. The van der Waals surface area contributed by atoms with Crippen LogP contribution < -0.4 is 0 Å². The van der Waals surface area contributed by atoms with Crippen LogP contribution in [0.3, 0.4) is 0 Å². The van der Waals surface area contributed by atoms with Gasteiger partial charge in [-0.25, -0.2) is 0 Å². The first-order valence-electron chi connectivity index (χ1n) is 10.1. The SMILES string of the molecule is C=CC(=N)OCCCCC(O)COC1=CC2SC(=O)C(c3ccccc3)=CC2C=C1. The average Bonchev–Trinajstić information content (AvgIpc) is 2.77. The number of hydrogen-bond donors (Lipinski definition) is 2. The van der Waals surface area contributed by atoms with Crippen molar-refractivity contribution >= 4 is 28.3 Å². The van der Waals surface area contributed by atoms with Crippen molar-refractivity contribution < 1.29 is 19.4 Å². The summed E-state index contributed by atoms with van der Waals surface area (Å²) in [6, 6.07) is 9.73. The van der Waals surface area contributed by atoms with E-state index in [2.05, 4.69) is 12.7 Å². The molecule has 2 aliphatic rings. The van der Waals surface area contributed by atoms with Crippen molar-refractivity contribution in [3.8, 4) is 0 Å². The van der Waals surface area contributed by atoms with Gasteiger partial charge in [0.2, 0.25) is 11.0 Å². The van der Waals surface area contributed by atoms with E-state index in [1.54, 1.807) is 0 Å². The first kappa shape index (κ1) is 22.1. The normalized spacial score (nSPS) is 21.2. The van der Waals surface area contributed by atoms with Crippen molar-refractivity contribution in [1.29, 1.82) is 5.41 Å². The molecule has 1 aromatic carbocycles. The number of carbonyl (C=O) groups is 1. The minimum atomic E-state index is -0.568. The van der Waals surface area contributed by atoms with E-state index in [1.807, 2.05) is 48.6 Å². The van der Waals surface area contributed by atoms with Crippen molar-refractivity contribution in [1.82, 2.24) is 0 Å². The largest absolute Gasteiger partial charge is 0.491 e. The summed E-state index contributed by atoms with van der Waals surface area (Å²) in [5.41, 5.74) is 1.70. The van der Waals surface area contributed by atoms with E-state index < -0.39 is 6.10 Å². The number of carbonyl (C=O) groups excluding carboxylic acids is 1. The van der Waals surface area contributed by atoms with Crippen LogP contribution in [0.1, 0.15) is 24.8 Å². The summed E-state index contributed by atoms with van der Waals surface area (Å²) in [6.07, 6.45) is 10.9. The average molecular weight is 426 g/mol. The Labute approximate surface area is 181 Å². The number of ether oxygens (including phenoxy) is 2. The summed E-state index contributed by atoms with van der Waals surface area (Å²) in [7, 11) is 0. The van der Waals surface area contributed by atoms with Crippen molar-refractivity contribution in [3.05, 3.63) is 78.6 Å². The van der Waals surface area contributed by atoms with E-state index >= 15 is 0 Å². The molecule has 30 heavy (non-hydrogen) atoms. The molecule has 1 aromatic rings. The predicted octanol–water partition coefficient (Wildman–Crippen LogP) is 4.51. The Balaban J connectivity index is 1.45. The van der Waals surface area contributed by atoms with Crippen molar-refractivity contribution in [2.24, 2.45) is 5.92 Å². The van der Waals surface area contributed by atoms with Crippen LogP contribution in [0.15, 0.2) is 73.1 Å². The van der Waals surface area contributed by atoms with Gasteiger partial charge in [0, 0.05) is 16.7 Å². The van der Waals surface area contributed by atoms with Gasteiger partial charge in [-0.1, -0.05) is 60.8 Å². The number of thioether (sulfide) groups is 1. The van der Waals surface area contributed by atoms with Gasteiger partial charge in [-0.3, -0.25) is 10.2 Å². The number of nitrogens with one attached hydrogen (secondary N) is 1. The highest BCUT2D eigenvalue weighted by Gasteiger charge is 2.31. The molecule has 0 bridgehead atoms. The van der Waals surface area contributed by atoms with Crippen molar-refractivity contribution in [2.45, 2.75) is 30.6 Å². The fraction of sp³-hybridized carbons (Fsp3) is 0.333. The third-order valence-corrected chi connectivity index (χ3v) is 6.07. The number of allylic oxidation sites excluding steroid dienone is 3. The lowest BCUT2D eigenvalue weighted by Crippen LogP contribution is -2.23. The number of aliphatic hydroxyl groups excluding tert-OH is 1. The van der Waals surface area contributed by atoms with Crippen LogP contribution in [0, 0.1) is 11.3 Å². The summed E-state index contributed by atoms with van der Waals surface area (Å²) in [6.45, 7) is 4.12. The van der Waals surface area contributed by atoms with E-state index in [0.29, 0.717) is 18.8 Å². The molecule has 158 valence electrons. The van der Waals surface area contributed by atoms with E-state index in [-0.39, 0.29) is 28.8 Å². The lowest BCUT2D eigenvalue weighted by Gasteiger charge is -2.28. The Kier molecular flexibility index (Phi) is 8.11. The van der Waals surface area contributed by atoms with Crippen LogP contribution in [0.2, 0.25) is 0 Å². The maximum Gasteiger partial charge on any atom is 0.220 e. The molecular formula is C24H27NO4S. The molecule has 0 spiro atoms. The van der Waals surface area contributed by atoms with Gasteiger partial charge in [0.25, 0.3) is 0 Å². The molecule has 3 unspecified atom stereocenters. The van der Waals surface area contributed by atoms with Gasteiger partial charge in [0.05, 0.1) is 12.7 Å². The van der Waals surface area contributed by atoms with Crippen LogP contribution in [0.25, 0.3) is 5.57 Å². The fourth-order valence-electron chi connectivity index (χ4n) is 3.28. The van der Waals surface area contributed by atoms with Gasteiger partial charge < -0.3 is 14.6 Å². The van der Waals surface area contributed by atoms with Crippen LogP contribution in [0.5, 0.6) is 0 Å². The number of fused-ring (bicyclic) bond motifs is 1. The molecule has 3 atom stereocenters. The lowest BCUT2D eigenvalue weighted by atomic mass is 9.94. The molecule has 5 nitrogen and oxygen atoms in total.